The van der Waals surface area contributed by atoms with Gasteiger partial charge >= 0.3 is 0 Å². The fraction of sp³-hybridized carbons (Fsp3) is 0.353. The number of nitro benzene ring substituents is 1. The molecular formula is C17H21N5O3. The van der Waals surface area contributed by atoms with Gasteiger partial charge in [-0.2, -0.15) is 0 Å². The van der Waals surface area contributed by atoms with E-state index in [-0.39, 0.29) is 11.6 Å². The summed E-state index contributed by atoms with van der Waals surface area (Å²) < 4.78 is 0. The first-order valence-electron chi connectivity index (χ1n) is 8.11. The van der Waals surface area contributed by atoms with E-state index in [1.54, 1.807) is 25.1 Å². The first-order valence-corrected chi connectivity index (χ1v) is 8.11. The normalized spacial score (nSPS) is 11.6. The van der Waals surface area contributed by atoms with E-state index in [1.807, 2.05) is 13.8 Å². The van der Waals surface area contributed by atoms with E-state index in [2.05, 4.69) is 20.6 Å². The summed E-state index contributed by atoms with van der Waals surface area (Å²) in [6.07, 6.45) is 0.701. The summed E-state index contributed by atoms with van der Waals surface area (Å²) in [5.41, 5.74) is 1.50. The molecular weight excluding hydrogens is 322 g/mol. The van der Waals surface area contributed by atoms with E-state index in [4.69, 9.17) is 0 Å². The first kappa shape index (κ1) is 18.3. The Bertz CT molecular complexity index is 761. The number of nitrogens with one attached hydrogen (secondary N) is 2. The molecule has 2 N–H and O–H groups in total. The highest BCUT2D eigenvalue weighted by Crippen LogP contribution is 2.21. The Morgan fingerprint density at radius 3 is 2.48 bits per heavy atom. The molecule has 0 spiro atoms. The van der Waals surface area contributed by atoms with Crippen molar-refractivity contribution in [2.45, 2.75) is 33.2 Å². The van der Waals surface area contributed by atoms with E-state index < -0.39 is 11.0 Å². The number of aromatic nitrogens is 2. The Morgan fingerprint density at radius 2 is 1.92 bits per heavy atom. The highest BCUT2D eigenvalue weighted by molar-refractivity contribution is 5.83. The fourth-order valence-electron chi connectivity index (χ4n) is 2.23. The van der Waals surface area contributed by atoms with Crippen molar-refractivity contribution in [2.24, 2.45) is 0 Å². The summed E-state index contributed by atoms with van der Waals surface area (Å²) in [4.78, 5) is 31.1. The second kappa shape index (κ2) is 8.18. The molecule has 1 atom stereocenters. The number of benzene rings is 1. The zero-order valence-corrected chi connectivity index (χ0v) is 14.4. The number of amides is 1. The molecule has 1 aromatic heterocycles. The average Bonchev–Trinajstić information content (AvgIpc) is 2.61. The van der Waals surface area contributed by atoms with Gasteiger partial charge in [-0.3, -0.25) is 14.9 Å². The number of carbonyl (C=O) groups is 1. The van der Waals surface area contributed by atoms with Gasteiger partial charge in [0, 0.05) is 36.0 Å². The molecule has 0 aliphatic heterocycles. The van der Waals surface area contributed by atoms with Gasteiger partial charge in [0.1, 0.15) is 11.9 Å². The Kier molecular flexibility index (Phi) is 5.99. The van der Waals surface area contributed by atoms with Crippen molar-refractivity contribution in [3.8, 4) is 11.4 Å². The summed E-state index contributed by atoms with van der Waals surface area (Å²) in [6.45, 7) is 6.14. The minimum absolute atomic E-state index is 0.0126. The van der Waals surface area contributed by atoms with Crippen molar-refractivity contribution in [1.29, 1.82) is 0 Å². The quantitative estimate of drug-likeness (QED) is 0.590. The molecule has 0 fully saturated rings. The maximum atomic E-state index is 11.9. The molecule has 25 heavy (non-hydrogen) atoms. The minimum atomic E-state index is -0.450. The lowest BCUT2D eigenvalue weighted by molar-refractivity contribution is -0.384. The van der Waals surface area contributed by atoms with Crippen LogP contribution in [0.25, 0.3) is 11.4 Å². The molecule has 0 saturated carbocycles. The molecule has 8 nitrogen and oxygen atoms in total. The highest BCUT2D eigenvalue weighted by Gasteiger charge is 2.14. The predicted octanol–water partition coefficient (Wildman–Crippen LogP) is 2.55. The van der Waals surface area contributed by atoms with E-state index in [0.29, 0.717) is 30.2 Å². The molecule has 1 aromatic carbocycles. The third-order valence-corrected chi connectivity index (χ3v) is 3.59. The van der Waals surface area contributed by atoms with Crippen LogP contribution >= 0.6 is 0 Å². The smallest absolute Gasteiger partial charge is 0.269 e. The van der Waals surface area contributed by atoms with Gasteiger partial charge in [-0.15, -0.1) is 0 Å². The van der Waals surface area contributed by atoms with Crippen LogP contribution in [0.3, 0.4) is 0 Å². The zero-order chi connectivity index (χ0) is 18.4. The Labute approximate surface area is 145 Å². The second-order valence-corrected chi connectivity index (χ2v) is 5.49. The number of carbonyl (C=O) groups excluding carboxylic acids is 1. The summed E-state index contributed by atoms with van der Waals surface area (Å²) >= 11 is 0. The molecule has 0 aliphatic carbocycles. The maximum absolute atomic E-state index is 11.9. The summed E-state index contributed by atoms with van der Waals surface area (Å²) in [5, 5.41) is 16.6. The van der Waals surface area contributed by atoms with Gasteiger partial charge < -0.3 is 10.6 Å². The van der Waals surface area contributed by atoms with Gasteiger partial charge in [0.25, 0.3) is 5.69 Å². The molecule has 8 heteroatoms. The Morgan fingerprint density at radius 1 is 1.24 bits per heavy atom. The lowest BCUT2D eigenvalue weighted by atomic mass is 10.2. The van der Waals surface area contributed by atoms with Crippen molar-refractivity contribution < 1.29 is 9.72 Å². The zero-order valence-electron chi connectivity index (χ0n) is 14.4. The van der Waals surface area contributed by atoms with Gasteiger partial charge in [0.15, 0.2) is 5.82 Å². The van der Waals surface area contributed by atoms with E-state index in [9.17, 15) is 14.9 Å². The molecule has 132 valence electrons. The van der Waals surface area contributed by atoms with Gasteiger partial charge in [0.05, 0.1) is 4.92 Å². The lowest BCUT2D eigenvalue weighted by Crippen LogP contribution is -2.37. The van der Waals surface area contributed by atoms with Crippen LogP contribution in [-0.4, -0.2) is 33.4 Å². The van der Waals surface area contributed by atoms with Gasteiger partial charge in [-0.25, -0.2) is 9.97 Å². The third kappa shape index (κ3) is 4.72. The number of aryl methyl sites for hydroxylation is 1. The van der Waals surface area contributed by atoms with Crippen LogP contribution in [0.4, 0.5) is 11.5 Å². The van der Waals surface area contributed by atoms with Crippen LogP contribution in [0.15, 0.2) is 30.3 Å². The van der Waals surface area contributed by atoms with Gasteiger partial charge in [-0.1, -0.05) is 6.92 Å². The van der Waals surface area contributed by atoms with E-state index in [1.165, 1.54) is 12.1 Å². The lowest BCUT2D eigenvalue weighted by Gasteiger charge is -2.15. The number of hydrogen-bond donors (Lipinski definition) is 2. The topological polar surface area (TPSA) is 110 Å². The van der Waals surface area contributed by atoms with Crippen LogP contribution in [-0.2, 0) is 11.2 Å². The molecule has 2 rings (SSSR count). The number of nitrogens with zero attached hydrogens (tertiary/aromatic N) is 3. The standard InChI is InChI=1S/C17H21N5O3/c1-4-13-10-15(19-11(3)17(23)18-5-2)21-16(20-13)12-6-8-14(9-7-12)22(24)25/h6-11H,4-5H2,1-3H3,(H,18,23)(H,19,20,21)/t11-/m1/s1. The number of non-ortho nitro benzene ring substituents is 1. The Balaban J connectivity index is 2.30. The third-order valence-electron chi connectivity index (χ3n) is 3.59. The largest absolute Gasteiger partial charge is 0.359 e. The van der Waals surface area contributed by atoms with Crippen LogP contribution in [0.1, 0.15) is 26.5 Å². The van der Waals surface area contributed by atoms with Crippen LogP contribution < -0.4 is 10.6 Å². The SMILES string of the molecule is CCNC(=O)[C@@H](C)Nc1cc(CC)nc(-c2ccc([N+](=O)[O-])cc2)n1. The highest BCUT2D eigenvalue weighted by atomic mass is 16.6. The van der Waals surface area contributed by atoms with Gasteiger partial charge in [0.2, 0.25) is 5.91 Å². The van der Waals surface area contributed by atoms with Crippen molar-refractivity contribution >= 4 is 17.4 Å². The van der Waals surface area contributed by atoms with E-state index in [0.717, 1.165) is 5.69 Å². The summed E-state index contributed by atoms with van der Waals surface area (Å²) in [6, 6.07) is 7.42. The molecule has 0 unspecified atom stereocenters. The molecule has 0 bridgehead atoms. The molecule has 1 heterocycles. The number of likely N-dealkylation sites (N-methyl/N-ethyl adjacent to an activating group) is 1. The number of nitro groups is 1. The molecule has 0 aliphatic rings. The molecule has 0 saturated heterocycles. The van der Waals surface area contributed by atoms with Crippen LogP contribution in [0.2, 0.25) is 0 Å². The monoisotopic (exact) mass is 343 g/mol. The van der Waals surface area contributed by atoms with Crippen molar-refractivity contribution in [1.82, 2.24) is 15.3 Å². The van der Waals surface area contributed by atoms with Crippen molar-refractivity contribution in [2.75, 3.05) is 11.9 Å². The number of rotatable bonds is 7. The van der Waals surface area contributed by atoms with Gasteiger partial charge in [-0.05, 0) is 32.4 Å². The van der Waals surface area contributed by atoms with Crippen molar-refractivity contribution in [3.63, 3.8) is 0 Å². The van der Waals surface area contributed by atoms with Crippen molar-refractivity contribution in [3.05, 3.63) is 46.1 Å². The molecule has 2 aromatic rings. The number of anilines is 1. The number of hydrogen-bond acceptors (Lipinski definition) is 6. The predicted molar refractivity (Wildman–Crippen MR) is 95.3 cm³/mol. The Hall–Kier alpha value is -3.03. The minimum Gasteiger partial charge on any atom is -0.359 e. The molecule has 0 radical (unpaired) electrons. The van der Waals surface area contributed by atoms with E-state index >= 15 is 0 Å². The maximum Gasteiger partial charge on any atom is 0.269 e. The first-order chi connectivity index (χ1) is 11.9. The molecule has 1 amide bonds. The summed E-state index contributed by atoms with van der Waals surface area (Å²) in [7, 11) is 0. The summed E-state index contributed by atoms with van der Waals surface area (Å²) in [5.74, 6) is 0.884. The fourth-order valence-corrected chi connectivity index (χ4v) is 2.23. The van der Waals surface area contributed by atoms with Crippen LogP contribution in [0, 0.1) is 10.1 Å². The second-order valence-electron chi connectivity index (χ2n) is 5.49. The van der Waals surface area contributed by atoms with Crippen LogP contribution in [0.5, 0.6) is 0 Å². The average molecular weight is 343 g/mol.